The van der Waals surface area contributed by atoms with Gasteiger partial charge in [0.2, 0.25) is 0 Å². The molecule has 0 bridgehead atoms. The Morgan fingerprint density at radius 1 is 1.04 bits per heavy atom. The second-order valence-corrected chi connectivity index (χ2v) is 8.01. The molecule has 148 valence electrons. The molecule has 1 amide bonds. The fourth-order valence-electron chi connectivity index (χ4n) is 3.65. The van der Waals surface area contributed by atoms with Crippen LogP contribution in [0.5, 0.6) is 5.75 Å². The van der Waals surface area contributed by atoms with Crippen molar-refractivity contribution in [2.24, 2.45) is 0 Å². The van der Waals surface area contributed by atoms with Crippen LogP contribution in [0.15, 0.2) is 47.4 Å². The lowest BCUT2D eigenvalue weighted by atomic mass is 10.1. The summed E-state index contributed by atoms with van der Waals surface area (Å²) < 4.78 is 11.3. The minimum Gasteiger partial charge on any atom is -0.491 e. The van der Waals surface area contributed by atoms with E-state index >= 15 is 0 Å². The molecule has 0 spiro atoms. The summed E-state index contributed by atoms with van der Waals surface area (Å²) >= 11 is 1.68. The fourth-order valence-corrected chi connectivity index (χ4v) is 4.06. The summed E-state index contributed by atoms with van der Waals surface area (Å²) in [6.07, 6.45) is 2.04. The zero-order chi connectivity index (χ0) is 19.3. The number of amides is 1. The molecule has 2 aromatic rings. The van der Waals surface area contributed by atoms with Gasteiger partial charge in [0.25, 0.3) is 5.91 Å². The molecular weight excluding hydrogens is 372 g/mol. The van der Waals surface area contributed by atoms with Crippen molar-refractivity contribution >= 4 is 17.7 Å². The van der Waals surface area contributed by atoms with Crippen LogP contribution in [0.3, 0.4) is 0 Å². The third-order valence-electron chi connectivity index (χ3n) is 5.24. The van der Waals surface area contributed by atoms with Gasteiger partial charge in [0.15, 0.2) is 0 Å². The van der Waals surface area contributed by atoms with Gasteiger partial charge in [0, 0.05) is 42.2 Å². The van der Waals surface area contributed by atoms with Crippen molar-refractivity contribution in [2.45, 2.75) is 18.0 Å². The zero-order valence-corrected chi connectivity index (χ0v) is 17.0. The molecule has 1 fully saturated rings. The van der Waals surface area contributed by atoms with E-state index in [1.165, 1.54) is 5.56 Å². The Labute approximate surface area is 170 Å². The van der Waals surface area contributed by atoms with E-state index < -0.39 is 0 Å². The first kappa shape index (κ1) is 19.3. The molecule has 0 atom stereocenters. The molecule has 0 unspecified atom stereocenters. The molecule has 0 aliphatic carbocycles. The van der Waals surface area contributed by atoms with Gasteiger partial charge in [-0.3, -0.25) is 9.69 Å². The topological polar surface area (TPSA) is 42.0 Å². The van der Waals surface area contributed by atoms with E-state index in [1.54, 1.807) is 11.8 Å². The molecule has 2 aliphatic heterocycles. The van der Waals surface area contributed by atoms with Gasteiger partial charge in [0.05, 0.1) is 19.8 Å². The van der Waals surface area contributed by atoms with Gasteiger partial charge in [-0.05, 0) is 48.2 Å². The Bertz CT molecular complexity index is 819. The third-order valence-corrected chi connectivity index (χ3v) is 5.98. The van der Waals surface area contributed by atoms with Crippen LogP contribution in [0.25, 0.3) is 0 Å². The van der Waals surface area contributed by atoms with Crippen LogP contribution in [0.1, 0.15) is 21.5 Å². The molecule has 0 radical (unpaired) electrons. The lowest BCUT2D eigenvalue weighted by Crippen LogP contribution is -2.35. The number of benzene rings is 2. The van der Waals surface area contributed by atoms with Crippen molar-refractivity contribution in [1.82, 2.24) is 9.80 Å². The van der Waals surface area contributed by atoms with E-state index in [4.69, 9.17) is 9.47 Å². The van der Waals surface area contributed by atoms with Crippen LogP contribution in [0.4, 0.5) is 0 Å². The predicted octanol–water partition coefficient (Wildman–Crippen LogP) is 3.28. The van der Waals surface area contributed by atoms with Crippen LogP contribution in [-0.2, 0) is 17.8 Å². The molecule has 0 N–H and O–H groups in total. The number of hydrogen-bond donors (Lipinski definition) is 0. The maximum Gasteiger partial charge on any atom is 0.254 e. The van der Waals surface area contributed by atoms with E-state index in [9.17, 15) is 4.79 Å². The second kappa shape index (κ2) is 8.99. The molecule has 6 heteroatoms. The van der Waals surface area contributed by atoms with Crippen molar-refractivity contribution in [3.05, 3.63) is 59.2 Å². The Hall–Kier alpha value is -2.02. The van der Waals surface area contributed by atoms with Crippen LogP contribution in [0, 0.1) is 0 Å². The second-order valence-electron chi connectivity index (χ2n) is 7.13. The normalized spacial score (nSPS) is 17.5. The van der Waals surface area contributed by atoms with Gasteiger partial charge in [-0.1, -0.05) is 6.07 Å². The summed E-state index contributed by atoms with van der Waals surface area (Å²) in [6.45, 7) is 6.11. The maximum atomic E-state index is 13.0. The predicted molar refractivity (Wildman–Crippen MR) is 111 cm³/mol. The van der Waals surface area contributed by atoms with Crippen LogP contribution in [0.2, 0.25) is 0 Å². The summed E-state index contributed by atoms with van der Waals surface area (Å²) in [7, 11) is 0. The quantitative estimate of drug-likeness (QED) is 0.740. The van der Waals surface area contributed by atoms with E-state index in [2.05, 4.69) is 17.0 Å². The van der Waals surface area contributed by atoms with Crippen LogP contribution >= 0.6 is 11.8 Å². The molecule has 5 nitrogen and oxygen atoms in total. The Balaban J connectivity index is 1.49. The number of morpholine rings is 1. The number of ether oxygens (including phenoxy) is 2. The molecule has 0 aromatic heterocycles. The fraction of sp³-hybridized carbons (Fsp3) is 0.409. The molecular formula is C22H26N2O3S. The van der Waals surface area contributed by atoms with Gasteiger partial charge >= 0.3 is 0 Å². The number of rotatable bonds is 4. The highest BCUT2D eigenvalue weighted by atomic mass is 32.2. The molecule has 2 aliphatic rings. The average Bonchev–Trinajstić information content (AvgIpc) is 2.96. The Morgan fingerprint density at radius 2 is 1.82 bits per heavy atom. The zero-order valence-electron chi connectivity index (χ0n) is 16.2. The minimum absolute atomic E-state index is 0.0580. The lowest BCUT2D eigenvalue weighted by molar-refractivity contribution is 0.0341. The van der Waals surface area contributed by atoms with Crippen molar-refractivity contribution < 1.29 is 14.3 Å². The summed E-state index contributed by atoms with van der Waals surface area (Å²) in [6, 6.07) is 14.2. The van der Waals surface area contributed by atoms with E-state index in [0.717, 1.165) is 54.6 Å². The van der Waals surface area contributed by atoms with Crippen LogP contribution in [-0.4, -0.2) is 61.4 Å². The number of hydrogen-bond acceptors (Lipinski definition) is 5. The van der Waals surface area contributed by atoms with Crippen molar-refractivity contribution in [2.75, 3.05) is 45.7 Å². The highest BCUT2D eigenvalue weighted by molar-refractivity contribution is 7.98. The van der Waals surface area contributed by atoms with Crippen molar-refractivity contribution in [3.8, 4) is 5.75 Å². The Kier molecular flexibility index (Phi) is 6.20. The summed E-state index contributed by atoms with van der Waals surface area (Å²) in [5.74, 6) is 0.946. The first-order valence-electron chi connectivity index (χ1n) is 9.71. The van der Waals surface area contributed by atoms with Gasteiger partial charge in [-0.2, -0.15) is 0 Å². The smallest absolute Gasteiger partial charge is 0.254 e. The number of fused-ring (bicyclic) bond motifs is 1. The molecule has 2 aromatic carbocycles. The minimum atomic E-state index is 0.0580. The third kappa shape index (κ3) is 4.51. The number of thioether (sulfide) groups is 1. The van der Waals surface area contributed by atoms with Crippen molar-refractivity contribution in [3.63, 3.8) is 0 Å². The van der Waals surface area contributed by atoms with Gasteiger partial charge in [-0.15, -0.1) is 11.8 Å². The van der Waals surface area contributed by atoms with E-state index in [0.29, 0.717) is 19.7 Å². The molecule has 28 heavy (non-hydrogen) atoms. The molecule has 4 rings (SSSR count). The summed E-state index contributed by atoms with van der Waals surface area (Å²) in [5, 5.41) is 0. The standard InChI is InChI=1S/C22H26N2O3S/c1-28-20-5-3-18(4-6-20)22(25)24-10-13-27-21-7-2-17(14-19(21)16-24)15-23-8-11-26-12-9-23/h2-7,14H,8-13,15-16H2,1H3. The van der Waals surface area contributed by atoms with Gasteiger partial charge in [-0.25, -0.2) is 0 Å². The van der Waals surface area contributed by atoms with Crippen molar-refractivity contribution in [1.29, 1.82) is 0 Å². The first-order chi connectivity index (χ1) is 13.7. The largest absolute Gasteiger partial charge is 0.491 e. The monoisotopic (exact) mass is 398 g/mol. The number of carbonyl (C=O) groups is 1. The van der Waals surface area contributed by atoms with Crippen LogP contribution < -0.4 is 4.74 Å². The van der Waals surface area contributed by atoms with Gasteiger partial charge < -0.3 is 14.4 Å². The summed E-state index contributed by atoms with van der Waals surface area (Å²) in [4.78, 5) is 18.5. The highest BCUT2D eigenvalue weighted by Crippen LogP contribution is 2.26. The highest BCUT2D eigenvalue weighted by Gasteiger charge is 2.22. The Morgan fingerprint density at radius 3 is 2.57 bits per heavy atom. The number of nitrogens with zero attached hydrogens (tertiary/aromatic N) is 2. The SMILES string of the molecule is CSc1ccc(C(=O)N2CCOc3ccc(CN4CCOCC4)cc3C2)cc1. The average molecular weight is 399 g/mol. The lowest BCUT2D eigenvalue weighted by Gasteiger charge is -2.27. The molecule has 0 saturated carbocycles. The summed E-state index contributed by atoms with van der Waals surface area (Å²) in [5.41, 5.74) is 3.06. The van der Waals surface area contributed by atoms with E-state index in [1.807, 2.05) is 41.5 Å². The maximum absolute atomic E-state index is 13.0. The molecule has 2 heterocycles. The van der Waals surface area contributed by atoms with Gasteiger partial charge in [0.1, 0.15) is 12.4 Å². The molecule has 1 saturated heterocycles. The number of carbonyl (C=O) groups excluding carboxylic acids is 1. The van der Waals surface area contributed by atoms with E-state index in [-0.39, 0.29) is 5.91 Å². The first-order valence-corrected chi connectivity index (χ1v) is 10.9.